The molecule has 0 saturated heterocycles. The van der Waals surface area contributed by atoms with E-state index in [9.17, 15) is 36.6 Å². The number of carboxylic acid groups (broad SMARTS) is 1. The maximum absolute atomic E-state index is 14.7. The highest BCUT2D eigenvalue weighted by atomic mass is 19.4. The first kappa shape index (κ1) is 38.8. The van der Waals surface area contributed by atoms with Crippen LogP contribution in [-0.4, -0.2) is 62.9 Å². The third-order valence-corrected chi connectivity index (χ3v) is 13.5. The van der Waals surface area contributed by atoms with Crippen LogP contribution in [0.2, 0.25) is 0 Å². The van der Waals surface area contributed by atoms with Crippen molar-refractivity contribution in [1.82, 2.24) is 15.3 Å². The van der Waals surface area contributed by atoms with Gasteiger partial charge in [-0.15, -0.1) is 0 Å². The number of halogens is 5. The van der Waals surface area contributed by atoms with Crippen LogP contribution >= 0.6 is 0 Å². The smallest absolute Gasteiger partial charge is 0.434 e. The molecule has 1 spiro atoms. The maximum atomic E-state index is 14.7. The van der Waals surface area contributed by atoms with Gasteiger partial charge in [0.2, 0.25) is 11.9 Å². The molecule has 2 N–H and O–H groups in total. The molecule has 2 aromatic rings. The number of carbonyl (C=O) groups is 2. The molecule has 10 nitrogen and oxygen atoms in total. The molecule has 4 atom stereocenters. The van der Waals surface area contributed by atoms with Gasteiger partial charge in [0.05, 0.1) is 17.4 Å². The third kappa shape index (κ3) is 7.55. The summed E-state index contributed by atoms with van der Waals surface area (Å²) in [7, 11) is 0. The molecule has 15 heteroatoms. The Kier molecular flexibility index (Phi) is 10.2. The highest BCUT2D eigenvalue weighted by Gasteiger charge is 2.57. The molecule has 304 valence electrons. The van der Waals surface area contributed by atoms with E-state index in [1.807, 2.05) is 25.1 Å². The Morgan fingerprint density at radius 1 is 0.982 bits per heavy atom. The van der Waals surface area contributed by atoms with E-state index in [0.29, 0.717) is 49.4 Å². The number of aliphatic carboxylic acids is 1. The van der Waals surface area contributed by atoms with E-state index in [1.54, 1.807) is 4.90 Å². The van der Waals surface area contributed by atoms with Crippen molar-refractivity contribution in [2.24, 2.45) is 22.9 Å². The van der Waals surface area contributed by atoms with Crippen molar-refractivity contribution < 1.29 is 46.2 Å². The number of carbonyl (C=O) groups excluding carboxylic acids is 1. The van der Waals surface area contributed by atoms with Gasteiger partial charge in [-0.05, 0) is 119 Å². The van der Waals surface area contributed by atoms with Crippen molar-refractivity contribution in [1.29, 1.82) is 0 Å². The van der Waals surface area contributed by atoms with Crippen molar-refractivity contribution >= 4 is 29.2 Å². The quantitative estimate of drug-likeness (QED) is 0.201. The molecule has 2 bridgehead atoms. The molecule has 8 rings (SSSR count). The van der Waals surface area contributed by atoms with Gasteiger partial charge in [-0.2, -0.15) is 13.2 Å². The van der Waals surface area contributed by atoms with Crippen LogP contribution in [0.25, 0.3) is 0 Å². The molecule has 6 aliphatic rings. The zero-order valence-corrected chi connectivity index (χ0v) is 31.7. The minimum Gasteiger partial charge on any atom is -0.490 e. The molecule has 0 radical (unpaired) electrons. The molecule has 1 amide bonds. The number of ether oxygens (including phenoxy) is 1. The minimum absolute atomic E-state index is 0.0717. The predicted octanol–water partition coefficient (Wildman–Crippen LogP) is 9.13. The number of nitrogens with zero attached hydrogens (tertiary/aromatic N) is 4. The number of hydrogen-bond acceptors (Lipinski definition) is 8. The van der Waals surface area contributed by atoms with E-state index < -0.39 is 40.8 Å². The van der Waals surface area contributed by atoms with Crippen LogP contribution in [0.15, 0.2) is 29.6 Å². The largest absolute Gasteiger partial charge is 0.490 e. The number of carboxylic acids is 1. The number of hydrogen-bond donors (Lipinski definition) is 2. The minimum atomic E-state index is -5.01. The Hall–Kier alpha value is -4.04. The second-order valence-electron chi connectivity index (χ2n) is 17.5. The van der Waals surface area contributed by atoms with Gasteiger partial charge < -0.3 is 24.9 Å². The zero-order valence-electron chi connectivity index (χ0n) is 31.7. The van der Waals surface area contributed by atoms with Gasteiger partial charge in [0.15, 0.2) is 5.69 Å². The molecule has 1 aromatic heterocycles. The number of aromatic nitrogens is 2. The molecule has 4 unspecified atom stereocenters. The molecule has 1 aromatic carbocycles. The van der Waals surface area contributed by atoms with Crippen molar-refractivity contribution in [2.75, 3.05) is 11.4 Å². The Morgan fingerprint density at radius 2 is 1.70 bits per heavy atom. The lowest BCUT2D eigenvalue weighted by atomic mass is 9.71. The van der Waals surface area contributed by atoms with E-state index in [1.165, 1.54) is 0 Å². The molecule has 5 aliphatic carbocycles. The lowest BCUT2D eigenvalue weighted by Gasteiger charge is -2.34. The Balaban J connectivity index is 0.996. The molecule has 5 fully saturated rings. The number of benzene rings is 1. The highest BCUT2D eigenvalue weighted by molar-refractivity contribution is 5.99. The van der Waals surface area contributed by atoms with Crippen LogP contribution in [-0.2, 0) is 21.2 Å². The summed E-state index contributed by atoms with van der Waals surface area (Å²) in [6.45, 7) is 2.41. The molecule has 1 aliphatic heterocycles. The van der Waals surface area contributed by atoms with Crippen LogP contribution < -0.4 is 15.0 Å². The van der Waals surface area contributed by atoms with E-state index in [4.69, 9.17) is 9.57 Å². The summed E-state index contributed by atoms with van der Waals surface area (Å²) in [5.74, 6) is -4.51. The first-order valence-electron chi connectivity index (χ1n) is 20.3. The fourth-order valence-corrected chi connectivity index (χ4v) is 10.7. The Labute approximate surface area is 323 Å². The van der Waals surface area contributed by atoms with E-state index in [2.05, 4.69) is 20.4 Å². The van der Waals surface area contributed by atoms with Crippen LogP contribution in [0.3, 0.4) is 0 Å². The summed E-state index contributed by atoms with van der Waals surface area (Å²) in [6.07, 6.45) is 5.56. The predicted molar refractivity (Wildman–Crippen MR) is 196 cm³/mol. The Bertz CT molecular complexity index is 1850. The van der Waals surface area contributed by atoms with Gasteiger partial charge in [0, 0.05) is 36.7 Å². The number of oxime groups is 1. The van der Waals surface area contributed by atoms with E-state index in [-0.39, 0.29) is 73.4 Å². The summed E-state index contributed by atoms with van der Waals surface area (Å²) in [5, 5.41) is 17.1. The SMILES string of the molecule is CC1CC2CC(C1)C(NC(=O)c1cnc(N3CC4(CCCCC4)c4cc(OC5CCC(ON=C6CCC(F)(F)CC6)CC5)ccc43)nc1C(F)(F)F)(C(=O)O)C2. The number of amides is 1. The number of anilines is 2. The molecular weight excluding hydrogens is 737 g/mol. The Morgan fingerprint density at radius 3 is 2.39 bits per heavy atom. The van der Waals surface area contributed by atoms with Crippen molar-refractivity contribution in [2.45, 2.75) is 151 Å². The standard InChI is InChI=1S/C41H50F5N5O5/c1-24-17-25-19-26(18-24)40(21-25,36(53)54)49-35(52)31-22-47-37(48-34(31)41(44,45)46)51-23-38(13-3-2-4-14-38)32-20-30(9-10-33(32)51)55-28-5-7-29(8-6-28)56-50-27-11-15-39(42,43)16-12-27/h9-10,20,22,24-26,28-29H,2-8,11-19,21,23H2,1H3,(H,49,52)(H,53,54). The van der Waals surface area contributed by atoms with E-state index >= 15 is 0 Å². The van der Waals surface area contributed by atoms with Crippen LogP contribution in [0.5, 0.6) is 5.75 Å². The van der Waals surface area contributed by atoms with Gasteiger partial charge in [0.1, 0.15) is 17.4 Å². The molecule has 56 heavy (non-hydrogen) atoms. The fourth-order valence-electron chi connectivity index (χ4n) is 10.7. The number of fused-ring (bicyclic) bond motifs is 4. The molecular formula is C41H50F5N5O5. The number of alkyl halides is 5. The lowest BCUT2D eigenvalue weighted by Crippen LogP contribution is -2.57. The summed E-state index contributed by atoms with van der Waals surface area (Å²) in [5.41, 5.74) is -1.82. The van der Waals surface area contributed by atoms with Crippen LogP contribution in [0.4, 0.5) is 33.6 Å². The number of rotatable bonds is 8. The van der Waals surface area contributed by atoms with Gasteiger partial charge in [0.25, 0.3) is 5.91 Å². The summed E-state index contributed by atoms with van der Waals surface area (Å²) in [4.78, 5) is 42.1. The first-order valence-corrected chi connectivity index (χ1v) is 20.3. The average Bonchev–Trinajstić information content (AvgIpc) is 3.60. The van der Waals surface area contributed by atoms with Gasteiger partial charge in [-0.1, -0.05) is 31.3 Å². The fraction of sp³-hybridized carbons (Fsp3) is 0.683. The van der Waals surface area contributed by atoms with Crippen molar-refractivity contribution in [3.05, 3.63) is 41.2 Å². The second kappa shape index (κ2) is 14.7. The lowest BCUT2D eigenvalue weighted by molar-refractivity contribution is -0.146. The van der Waals surface area contributed by atoms with Gasteiger partial charge >= 0.3 is 12.1 Å². The first-order chi connectivity index (χ1) is 26.6. The topological polar surface area (TPSA) is 126 Å². The van der Waals surface area contributed by atoms with Gasteiger partial charge in [-0.3, -0.25) is 4.79 Å². The van der Waals surface area contributed by atoms with Gasteiger partial charge in [-0.25, -0.2) is 23.5 Å². The summed E-state index contributed by atoms with van der Waals surface area (Å²) >= 11 is 0. The molecule has 2 heterocycles. The number of nitrogens with one attached hydrogen (secondary N) is 1. The van der Waals surface area contributed by atoms with Crippen LogP contribution in [0, 0.1) is 17.8 Å². The molecule has 5 saturated carbocycles. The van der Waals surface area contributed by atoms with Crippen molar-refractivity contribution in [3.63, 3.8) is 0 Å². The summed E-state index contributed by atoms with van der Waals surface area (Å²) < 4.78 is 77.7. The monoisotopic (exact) mass is 787 g/mol. The maximum Gasteiger partial charge on any atom is 0.434 e. The summed E-state index contributed by atoms with van der Waals surface area (Å²) in [6, 6.07) is 5.67. The normalized spacial score (nSPS) is 30.8. The highest BCUT2D eigenvalue weighted by Crippen LogP contribution is 2.53. The third-order valence-electron chi connectivity index (χ3n) is 13.5. The van der Waals surface area contributed by atoms with Crippen LogP contribution in [0.1, 0.15) is 138 Å². The zero-order chi connectivity index (χ0) is 39.5. The second-order valence-corrected chi connectivity index (χ2v) is 17.5. The average molecular weight is 788 g/mol. The van der Waals surface area contributed by atoms with Crippen molar-refractivity contribution in [3.8, 4) is 5.75 Å². The van der Waals surface area contributed by atoms with E-state index in [0.717, 1.165) is 63.1 Å².